The van der Waals surface area contributed by atoms with Crippen molar-refractivity contribution in [2.24, 2.45) is 0 Å². The highest BCUT2D eigenvalue weighted by atomic mass is 16.5. The highest BCUT2D eigenvalue weighted by Crippen LogP contribution is 2.23. The quantitative estimate of drug-likeness (QED) is 0.727. The van der Waals surface area contributed by atoms with Crippen LogP contribution >= 0.6 is 0 Å². The molecule has 1 aliphatic heterocycles. The van der Waals surface area contributed by atoms with Gasteiger partial charge in [-0.15, -0.1) is 0 Å². The lowest BCUT2D eigenvalue weighted by Gasteiger charge is -2.35. The number of carbonyl (C=O) groups is 2. The summed E-state index contributed by atoms with van der Waals surface area (Å²) in [5.41, 5.74) is 2.24. The highest BCUT2D eigenvalue weighted by Gasteiger charge is 2.24. The first kappa shape index (κ1) is 19.2. The Balaban J connectivity index is 2.09. The Labute approximate surface area is 149 Å². The van der Waals surface area contributed by atoms with Gasteiger partial charge < -0.3 is 20.3 Å². The zero-order valence-electron chi connectivity index (χ0n) is 15.2. The fourth-order valence-electron chi connectivity index (χ4n) is 2.85. The molecular weight excluding hydrogens is 320 g/mol. The average molecular weight is 348 g/mol. The van der Waals surface area contributed by atoms with E-state index in [1.807, 2.05) is 19.0 Å². The Kier molecular flexibility index (Phi) is 7.21. The van der Waals surface area contributed by atoms with E-state index in [0.717, 1.165) is 24.3 Å². The minimum Gasteiger partial charge on any atom is -0.379 e. The van der Waals surface area contributed by atoms with Crippen LogP contribution in [0.2, 0.25) is 0 Å². The number of nitrogens with zero attached hydrogens (tertiary/aromatic N) is 2. The fourth-order valence-corrected chi connectivity index (χ4v) is 2.85. The molecule has 1 aromatic carbocycles. The molecule has 1 saturated heterocycles. The van der Waals surface area contributed by atoms with Gasteiger partial charge in [-0.1, -0.05) is 12.1 Å². The number of nitrogens with one attached hydrogen (secondary N) is 2. The van der Waals surface area contributed by atoms with E-state index in [4.69, 9.17) is 4.74 Å². The summed E-state index contributed by atoms with van der Waals surface area (Å²) in [4.78, 5) is 27.9. The molecule has 2 rings (SSSR count). The molecule has 1 fully saturated rings. The number of anilines is 1. The van der Waals surface area contributed by atoms with Crippen LogP contribution in [0.25, 0.3) is 0 Å². The Hall–Kier alpha value is -2.12. The van der Waals surface area contributed by atoms with E-state index in [-0.39, 0.29) is 6.04 Å². The molecule has 2 N–H and O–H groups in total. The zero-order chi connectivity index (χ0) is 18.2. The number of carbonyl (C=O) groups excluding carboxylic acids is 2. The third-order valence-electron chi connectivity index (χ3n) is 4.28. The van der Waals surface area contributed by atoms with Crippen molar-refractivity contribution < 1.29 is 14.3 Å². The van der Waals surface area contributed by atoms with Gasteiger partial charge in [0.05, 0.1) is 19.3 Å². The van der Waals surface area contributed by atoms with Crippen molar-refractivity contribution in [3.8, 4) is 0 Å². The number of ether oxygens (including phenoxy) is 1. The first-order valence-electron chi connectivity index (χ1n) is 8.68. The molecule has 0 aromatic heterocycles. The average Bonchev–Trinajstić information content (AvgIpc) is 2.63. The van der Waals surface area contributed by atoms with Gasteiger partial charge in [-0.3, -0.25) is 14.5 Å². The van der Waals surface area contributed by atoms with Crippen LogP contribution in [-0.4, -0.2) is 70.2 Å². The van der Waals surface area contributed by atoms with Gasteiger partial charge in [0.2, 0.25) is 0 Å². The van der Waals surface area contributed by atoms with Gasteiger partial charge in [-0.05, 0) is 24.6 Å². The SMILES string of the molecule is CCNC(=O)C(=O)NCC(c1ccc(N(C)C)cc1)N1CCOCC1. The van der Waals surface area contributed by atoms with Crippen LogP contribution in [0.15, 0.2) is 24.3 Å². The minimum atomic E-state index is -0.593. The molecule has 1 aliphatic rings. The first-order valence-corrected chi connectivity index (χ1v) is 8.68. The molecule has 1 unspecified atom stereocenters. The van der Waals surface area contributed by atoms with Crippen molar-refractivity contribution in [3.63, 3.8) is 0 Å². The Morgan fingerprint density at radius 2 is 1.72 bits per heavy atom. The van der Waals surface area contributed by atoms with Crippen LogP contribution in [0.1, 0.15) is 18.5 Å². The molecule has 7 nitrogen and oxygen atoms in total. The molecule has 1 atom stereocenters. The number of likely N-dealkylation sites (N-methyl/N-ethyl adjacent to an activating group) is 1. The molecule has 0 spiro atoms. The third-order valence-corrected chi connectivity index (χ3v) is 4.28. The maximum absolute atomic E-state index is 11.9. The summed E-state index contributed by atoms with van der Waals surface area (Å²) in [6.07, 6.45) is 0. The molecule has 0 aliphatic carbocycles. The largest absolute Gasteiger partial charge is 0.379 e. The molecule has 0 saturated carbocycles. The van der Waals surface area contributed by atoms with Gasteiger partial charge in [0.1, 0.15) is 0 Å². The Bertz CT molecular complexity index is 568. The van der Waals surface area contributed by atoms with Crippen molar-refractivity contribution in [3.05, 3.63) is 29.8 Å². The van der Waals surface area contributed by atoms with E-state index in [0.29, 0.717) is 26.3 Å². The van der Waals surface area contributed by atoms with Crippen molar-refractivity contribution in [2.45, 2.75) is 13.0 Å². The van der Waals surface area contributed by atoms with E-state index >= 15 is 0 Å². The second-order valence-electron chi connectivity index (χ2n) is 6.22. The van der Waals surface area contributed by atoms with E-state index in [1.165, 1.54) is 0 Å². The van der Waals surface area contributed by atoms with Crippen LogP contribution in [0.5, 0.6) is 0 Å². The maximum atomic E-state index is 11.9. The lowest BCUT2D eigenvalue weighted by Crippen LogP contribution is -2.46. The van der Waals surface area contributed by atoms with Gasteiger partial charge in [-0.2, -0.15) is 0 Å². The first-order chi connectivity index (χ1) is 12.0. The molecule has 1 heterocycles. The zero-order valence-corrected chi connectivity index (χ0v) is 15.2. The summed E-state index contributed by atoms with van der Waals surface area (Å²) in [7, 11) is 4.00. The van der Waals surface area contributed by atoms with E-state index in [2.05, 4.69) is 39.8 Å². The van der Waals surface area contributed by atoms with Gasteiger partial charge in [-0.25, -0.2) is 0 Å². The summed E-state index contributed by atoms with van der Waals surface area (Å²) in [6.45, 7) is 5.57. The summed E-state index contributed by atoms with van der Waals surface area (Å²) >= 11 is 0. The Morgan fingerprint density at radius 1 is 1.12 bits per heavy atom. The van der Waals surface area contributed by atoms with Gasteiger partial charge in [0, 0.05) is 46.0 Å². The maximum Gasteiger partial charge on any atom is 0.309 e. The van der Waals surface area contributed by atoms with Crippen LogP contribution < -0.4 is 15.5 Å². The molecule has 7 heteroatoms. The molecule has 0 radical (unpaired) electrons. The Morgan fingerprint density at radius 3 is 2.28 bits per heavy atom. The van der Waals surface area contributed by atoms with Gasteiger partial charge in [0.25, 0.3) is 0 Å². The molecule has 1 aromatic rings. The van der Waals surface area contributed by atoms with Crippen LogP contribution in [0.4, 0.5) is 5.69 Å². The topological polar surface area (TPSA) is 73.9 Å². The third kappa shape index (κ3) is 5.44. The lowest BCUT2D eigenvalue weighted by atomic mass is 10.0. The van der Waals surface area contributed by atoms with Crippen molar-refractivity contribution in [1.29, 1.82) is 0 Å². The highest BCUT2D eigenvalue weighted by molar-refractivity contribution is 6.35. The van der Waals surface area contributed by atoms with Crippen LogP contribution in [0, 0.1) is 0 Å². The number of hydrogen-bond donors (Lipinski definition) is 2. The predicted molar refractivity (Wildman–Crippen MR) is 97.6 cm³/mol. The van der Waals surface area contributed by atoms with Crippen LogP contribution in [0.3, 0.4) is 0 Å². The lowest BCUT2D eigenvalue weighted by molar-refractivity contribution is -0.139. The number of amides is 2. The standard InChI is InChI=1S/C18H28N4O3/c1-4-19-17(23)18(24)20-13-16(22-9-11-25-12-10-22)14-5-7-15(8-6-14)21(2)3/h5-8,16H,4,9-13H2,1-3H3,(H,19,23)(H,20,24). The van der Waals surface area contributed by atoms with E-state index in [1.54, 1.807) is 6.92 Å². The molecule has 138 valence electrons. The summed E-state index contributed by atoms with van der Waals surface area (Å²) < 4.78 is 5.43. The number of hydrogen-bond acceptors (Lipinski definition) is 5. The monoisotopic (exact) mass is 348 g/mol. The molecule has 2 amide bonds. The van der Waals surface area contributed by atoms with E-state index in [9.17, 15) is 9.59 Å². The molecule has 25 heavy (non-hydrogen) atoms. The minimum absolute atomic E-state index is 0.0125. The molecular formula is C18H28N4O3. The summed E-state index contributed by atoms with van der Waals surface area (Å²) in [6, 6.07) is 8.29. The second kappa shape index (κ2) is 9.39. The smallest absolute Gasteiger partial charge is 0.309 e. The second-order valence-corrected chi connectivity index (χ2v) is 6.22. The van der Waals surface area contributed by atoms with Gasteiger partial charge in [0.15, 0.2) is 0 Å². The molecule has 0 bridgehead atoms. The van der Waals surface area contributed by atoms with E-state index < -0.39 is 11.8 Å². The van der Waals surface area contributed by atoms with Crippen molar-refractivity contribution in [2.75, 3.05) is 58.4 Å². The predicted octanol–water partition coefficient (Wildman–Crippen LogP) is 0.378. The van der Waals surface area contributed by atoms with Crippen molar-refractivity contribution in [1.82, 2.24) is 15.5 Å². The number of morpholine rings is 1. The van der Waals surface area contributed by atoms with Gasteiger partial charge >= 0.3 is 11.8 Å². The summed E-state index contributed by atoms with van der Waals surface area (Å²) in [5.74, 6) is -1.18. The number of rotatable bonds is 6. The normalized spacial score (nSPS) is 16.1. The van der Waals surface area contributed by atoms with Crippen molar-refractivity contribution >= 4 is 17.5 Å². The van der Waals surface area contributed by atoms with Crippen LogP contribution in [-0.2, 0) is 14.3 Å². The summed E-state index contributed by atoms with van der Waals surface area (Å²) in [5, 5.41) is 5.27. The fraction of sp³-hybridized carbons (Fsp3) is 0.556. The number of benzene rings is 1.